The molecule has 0 aliphatic carbocycles. The second-order valence-corrected chi connectivity index (χ2v) is 5.63. The summed E-state index contributed by atoms with van der Waals surface area (Å²) in [5, 5.41) is -0.343. The van der Waals surface area contributed by atoms with Crippen molar-refractivity contribution in [2.75, 3.05) is 7.05 Å². The monoisotopic (exact) mass is 227 g/mol. The predicted octanol–water partition coefficient (Wildman–Crippen LogP) is 1.56. The average Bonchev–Trinajstić information content (AvgIpc) is 2.27. The van der Waals surface area contributed by atoms with Crippen molar-refractivity contribution in [1.82, 2.24) is 4.72 Å². The molecule has 84 valence electrons. The van der Waals surface area contributed by atoms with Crippen LogP contribution in [-0.4, -0.2) is 20.7 Å². The summed E-state index contributed by atoms with van der Waals surface area (Å²) in [5.41, 5.74) is 1.06. The second kappa shape index (κ2) is 5.28. The van der Waals surface area contributed by atoms with Gasteiger partial charge in [-0.1, -0.05) is 37.3 Å². The van der Waals surface area contributed by atoms with Gasteiger partial charge in [0.25, 0.3) is 0 Å². The lowest BCUT2D eigenvalue weighted by Gasteiger charge is -2.14. The largest absolute Gasteiger partial charge is 0.218 e. The van der Waals surface area contributed by atoms with Crippen LogP contribution in [0.3, 0.4) is 0 Å². The van der Waals surface area contributed by atoms with E-state index in [1.165, 1.54) is 7.05 Å². The molecule has 0 spiro atoms. The molecule has 0 saturated heterocycles. The number of sulfonamides is 1. The number of hydrogen-bond acceptors (Lipinski definition) is 2. The number of benzene rings is 1. The minimum absolute atomic E-state index is 0.343. The van der Waals surface area contributed by atoms with E-state index in [0.717, 1.165) is 5.56 Å². The van der Waals surface area contributed by atoms with E-state index in [9.17, 15) is 8.42 Å². The predicted molar refractivity (Wildman–Crippen MR) is 62.2 cm³/mol. The van der Waals surface area contributed by atoms with Crippen molar-refractivity contribution < 1.29 is 8.42 Å². The van der Waals surface area contributed by atoms with Crippen LogP contribution in [0.1, 0.15) is 18.9 Å². The summed E-state index contributed by atoms with van der Waals surface area (Å²) < 4.78 is 25.6. The Morgan fingerprint density at radius 3 is 2.33 bits per heavy atom. The van der Waals surface area contributed by atoms with E-state index in [4.69, 9.17) is 0 Å². The molecule has 0 amide bonds. The highest BCUT2D eigenvalue weighted by Crippen LogP contribution is 2.11. The summed E-state index contributed by atoms with van der Waals surface area (Å²) in [6.45, 7) is 1.89. The minimum Gasteiger partial charge on any atom is -0.218 e. The van der Waals surface area contributed by atoms with E-state index >= 15 is 0 Å². The molecule has 0 radical (unpaired) electrons. The van der Waals surface area contributed by atoms with Crippen LogP contribution in [0.25, 0.3) is 0 Å². The number of hydrogen-bond donors (Lipinski definition) is 1. The molecule has 1 rings (SSSR count). The molecule has 4 heteroatoms. The van der Waals surface area contributed by atoms with Gasteiger partial charge in [-0.25, -0.2) is 13.1 Å². The van der Waals surface area contributed by atoms with Crippen molar-refractivity contribution in [1.29, 1.82) is 0 Å². The Morgan fingerprint density at radius 1 is 1.27 bits per heavy atom. The first-order chi connectivity index (χ1) is 7.10. The molecule has 1 atom stereocenters. The van der Waals surface area contributed by atoms with E-state index in [0.29, 0.717) is 12.8 Å². The fraction of sp³-hybridized carbons (Fsp3) is 0.455. The summed E-state index contributed by atoms with van der Waals surface area (Å²) in [5.74, 6) is 0. The van der Waals surface area contributed by atoms with Gasteiger partial charge in [0.05, 0.1) is 5.25 Å². The van der Waals surface area contributed by atoms with Crippen molar-refractivity contribution in [2.24, 2.45) is 0 Å². The van der Waals surface area contributed by atoms with Crippen LogP contribution in [0.2, 0.25) is 0 Å². The van der Waals surface area contributed by atoms with Gasteiger partial charge in [-0.3, -0.25) is 0 Å². The second-order valence-electron chi connectivity index (χ2n) is 3.47. The lowest BCUT2D eigenvalue weighted by atomic mass is 10.1. The molecule has 1 N–H and O–H groups in total. The molecule has 0 aliphatic heterocycles. The van der Waals surface area contributed by atoms with E-state index in [-0.39, 0.29) is 5.25 Å². The van der Waals surface area contributed by atoms with Crippen LogP contribution >= 0.6 is 0 Å². The lowest BCUT2D eigenvalue weighted by Crippen LogP contribution is -2.32. The summed E-state index contributed by atoms with van der Waals surface area (Å²) in [6.07, 6.45) is 1.19. The summed E-state index contributed by atoms with van der Waals surface area (Å²) in [6, 6.07) is 9.68. The average molecular weight is 227 g/mol. The molecule has 0 heterocycles. The first-order valence-electron chi connectivity index (χ1n) is 5.06. The maximum absolute atomic E-state index is 11.6. The van der Waals surface area contributed by atoms with Gasteiger partial charge >= 0.3 is 0 Å². The topological polar surface area (TPSA) is 46.2 Å². The van der Waals surface area contributed by atoms with Gasteiger partial charge in [-0.15, -0.1) is 0 Å². The Kier molecular flexibility index (Phi) is 4.29. The fourth-order valence-electron chi connectivity index (χ4n) is 1.52. The van der Waals surface area contributed by atoms with Crippen LogP contribution in [0.4, 0.5) is 0 Å². The van der Waals surface area contributed by atoms with E-state index in [2.05, 4.69) is 4.72 Å². The first kappa shape index (κ1) is 12.2. The van der Waals surface area contributed by atoms with Gasteiger partial charge in [0.1, 0.15) is 0 Å². The molecule has 0 bridgehead atoms. The Hall–Kier alpha value is -0.870. The molecule has 1 aromatic carbocycles. The Balaban J connectivity index is 2.80. The summed E-state index contributed by atoms with van der Waals surface area (Å²) in [4.78, 5) is 0. The van der Waals surface area contributed by atoms with Crippen molar-refractivity contribution in [2.45, 2.75) is 25.0 Å². The molecule has 0 fully saturated rings. The molecule has 1 aromatic rings. The van der Waals surface area contributed by atoms with Crippen molar-refractivity contribution >= 4 is 10.0 Å². The standard InChI is InChI=1S/C11H17NO2S/c1-3-11(15(13,14)12-2)9-10-7-5-4-6-8-10/h4-8,11-12H,3,9H2,1-2H3/t11-/m1/s1. The molecular weight excluding hydrogens is 210 g/mol. The quantitative estimate of drug-likeness (QED) is 0.829. The third kappa shape index (κ3) is 3.32. The van der Waals surface area contributed by atoms with Gasteiger partial charge in [0.2, 0.25) is 10.0 Å². The zero-order valence-electron chi connectivity index (χ0n) is 9.10. The molecule has 0 saturated carbocycles. The molecule has 0 aromatic heterocycles. The van der Waals surface area contributed by atoms with Crippen molar-refractivity contribution in [3.8, 4) is 0 Å². The Labute approximate surface area is 91.6 Å². The van der Waals surface area contributed by atoms with Crippen LogP contribution in [-0.2, 0) is 16.4 Å². The van der Waals surface area contributed by atoms with Gasteiger partial charge in [-0.2, -0.15) is 0 Å². The highest BCUT2D eigenvalue weighted by molar-refractivity contribution is 7.90. The van der Waals surface area contributed by atoms with Crippen LogP contribution in [0.15, 0.2) is 30.3 Å². The van der Waals surface area contributed by atoms with Crippen LogP contribution < -0.4 is 4.72 Å². The smallest absolute Gasteiger partial charge is 0.214 e. The molecule has 0 unspecified atom stereocenters. The molecule has 15 heavy (non-hydrogen) atoms. The highest BCUT2D eigenvalue weighted by atomic mass is 32.2. The van der Waals surface area contributed by atoms with Crippen molar-refractivity contribution in [3.63, 3.8) is 0 Å². The van der Waals surface area contributed by atoms with Crippen LogP contribution in [0, 0.1) is 0 Å². The summed E-state index contributed by atoms with van der Waals surface area (Å²) in [7, 11) is -1.70. The zero-order chi connectivity index (χ0) is 11.3. The van der Waals surface area contributed by atoms with Gasteiger partial charge < -0.3 is 0 Å². The van der Waals surface area contributed by atoms with Gasteiger partial charge in [-0.05, 0) is 25.5 Å². The Morgan fingerprint density at radius 2 is 1.87 bits per heavy atom. The molecule has 0 aliphatic rings. The molecule has 3 nitrogen and oxygen atoms in total. The zero-order valence-corrected chi connectivity index (χ0v) is 9.92. The highest BCUT2D eigenvalue weighted by Gasteiger charge is 2.21. The summed E-state index contributed by atoms with van der Waals surface area (Å²) >= 11 is 0. The third-order valence-electron chi connectivity index (χ3n) is 2.48. The van der Waals surface area contributed by atoms with E-state index in [1.807, 2.05) is 37.3 Å². The minimum atomic E-state index is -3.16. The van der Waals surface area contributed by atoms with Crippen molar-refractivity contribution in [3.05, 3.63) is 35.9 Å². The van der Waals surface area contributed by atoms with Gasteiger partial charge in [0.15, 0.2) is 0 Å². The van der Waals surface area contributed by atoms with E-state index in [1.54, 1.807) is 0 Å². The number of nitrogens with one attached hydrogen (secondary N) is 1. The maximum atomic E-state index is 11.6. The third-order valence-corrected chi connectivity index (χ3v) is 4.43. The van der Waals surface area contributed by atoms with Crippen LogP contribution in [0.5, 0.6) is 0 Å². The number of rotatable bonds is 5. The first-order valence-corrected chi connectivity index (χ1v) is 6.61. The lowest BCUT2D eigenvalue weighted by molar-refractivity contribution is 0.565. The maximum Gasteiger partial charge on any atom is 0.214 e. The Bertz CT molecular complexity index is 386. The van der Waals surface area contributed by atoms with E-state index < -0.39 is 10.0 Å². The fourth-order valence-corrected chi connectivity index (χ4v) is 2.70. The van der Waals surface area contributed by atoms with Gasteiger partial charge in [0, 0.05) is 0 Å². The SMILES string of the molecule is CC[C@H](Cc1ccccc1)S(=O)(=O)NC. The normalized spacial score (nSPS) is 13.7. The molecular formula is C11H17NO2S.